The van der Waals surface area contributed by atoms with E-state index < -0.39 is 5.60 Å². The van der Waals surface area contributed by atoms with Gasteiger partial charge in [0.15, 0.2) is 0 Å². The van der Waals surface area contributed by atoms with Crippen molar-refractivity contribution in [2.24, 2.45) is 0 Å². The summed E-state index contributed by atoms with van der Waals surface area (Å²) in [7, 11) is 1.71. The largest absolute Gasteiger partial charge is 0.444 e. The van der Waals surface area contributed by atoms with Crippen LogP contribution in [0.5, 0.6) is 0 Å². The monoisotopic (exact) mass is 258 g/mol. The predicted molar refractivity (Wildman–Crippen MR) is 70.7 cm³/mol. The average Bonchev–Trinajstić information content (AvgIpc) is 2.29. The van der Waals surface area contributed by atoms with E-state index in [-0.39, 0.29) is 18.2 Å². The van der Waals surface area contributed by atoms with Gasteiger partial charge in [-0.1, -0.05) is 6.92 Å². The predicted octanol–water partition coefficient (Wildman–Crippen LogP) is 1.62. The zero-order valence-electron chi connectivity index (χ0n) is 12.2. The van der Waals surface area contributed by atoms with Crippen LogP contribution in [0.4, 0.5) is 4.79 Å². The number of hydrogen-bond donors (Lipinski definition) is 1. The number of carbonyl (C=O) groups excluding carboxylic acids is 1. The fourth-order valence-electron chi connectivity index (χ4n) is 2.13. The Morgan fingerprint density at radius 2 is 2.17 bits per heavy atom. The summed E-state index contributed by atoms with van der Waals surface area (Å²) in [5.74, 6) is 0. The Bertz CT molecular complexity index is 272. The van der Waals surface area contributed by atoms with Gasteiger partial charge in [0, 0.05) is 26.7 Å². The van der Waals surface area contributed by atoms with Gasteiger partial charge in [-0.25, -0.2) is 4.79 Å². The molecule has 0 aliphatic carbocycles. The quantitative estimate of drug-likeness (QED) is 0.836. The molecule has 2 unspecified atom stereocenters. The summed E-state index contributed by atoms with van der Waals surface area (Å²) < 4.78 is 10.8. The molecule has 106 valence electrons. The van der Waals surface area contributed by atoms with Crippen LogP contribution >= 0.6 is 0 Å². The van der Waals surface area contributed by atoms with E-state index in [1.807, 2.05) is 20.8 Å². The molecule has 1 aliphatic rings. The fourth-order valence-corrected chi connectivity index (χ4v) is 2.13. The molecule has 5 heteroatoms. The molecule has 1 amide bonds. The maximum absolute atomic E-state index is 12.0. The standard InChI is InChI=1S/C13H26N2O3/c1-6-11(17-5)10-9-15(8-7-14-10)12(16)18-13(2,3)4/h10-11,14H,6-9H2,1-5H3. The summed E-state index contributed by atoms with van der Waals surface area (Å²) in [6, 6.07) is 0.182. The first-order valence-corrected chi connectivity index (χ1v) is 6.61. The summed E-state index contributed by atoms with van der Waals surface area (Å²) >= 11 is 0. The van der Waals surface area contributed by atoms with Gasteiger partial charge in [0.25, 0.3) is 0 Å². The molecule has 0 aromatic heterocycles. The molecule has 1 N–H and O–H groups in total. The molecule has 18 heavy (non-hydrogen) atoms. The van der Waals surface area contributed by atoms with Crippen LogP contribution in [0.25, 0.3) is 0 Å². The van der Waals surface area contributed by atoms with E-state index >= 15 is 0 Å². The number of methoxy groups -OCH3 is 1. The summed E-state index contributed by atoms with van der Waals surface area (Å²) in [6.07, 6.45) is 0.825. The van der Waals surface area contributed by atoms with Gasteiger partial charge in [0.2, 0.25) is 0 Å². The van der Waals surface area contributed by atoms with Crippen molar-refractivity contribution >= 4 is 6.09 Å². The van der Waals surface area contributed by atoms with Gasteiger partial charge in [0.1, 0.15) is 5.60 Å². The van der Waals surface area contributed by atoms with Gasteiger partial charge in [0.05, 0.1) is 12.1 Å². The molecule has 0 bridgehead atoms. The number of carbonyl (C=O) groups is 1. The molecule has 0 radical (unpaired) electrons. The van der Waals surface area contributed by atoms with Crippen LogP contribution < -0.4 is 5.32 Å². The third-order valence-electron chi connectivity index (χ3n) is 3.01. The summed E-state index contributed by atoms with van der Waals surface area (Å²) in [5.41, 5.74) is -0.442. The highest BCUT2D eigenvalue weighted by atomic mass is 16.6. The van der Waals surface area contributed by atoms with Crippen LogP contribution in [0.2, 0.25) is 0 Å². The lowest BCUT2D eigenvalue weighted by molar-refractivity contribution is 0.00363. The van der Waals surface area contributed by atoms with Crippen LogP contribution in [-0.4, -0.2) is 55.5 Å². The highest BCUT2D eigenvalue weighted by Crippen LogP contribution is 2.14. The highest BCUT2D eigenvalue weighted by Gasteiger charge is 2.30. The topological polar surface area (TPSA) is 50.8 Å². The fraction of sp³-hybridized carbons (Fsp3) is 0.923. The van der Waals surface area contributed by atoms with E-state index in [1.54, 1.807) is 12.0 Å². The lowest BCUT2D eigenvalue weighted by Crippen LogP contribution is -2.57. The first kappa shape index (κ1) is 15.2. The van der Waals surface area contributed by atoms with E-state index in [4.69, 9.17) is 9.47 Å². The maximum Gasteiger partial charge on any atom is 0.410 e. The molecule has 1 heterocycles. The van der Waals surface area contributed by atoms with E-state index in [9.17, 15) is 4.79 Å². The second-order valence-electron chi connectivity index (χ2n) is 5.67. The Hall–Kier alpha value is -0.810. The molecule has 2 atom stereocenters. The molecule has 0 aromatic rings. The Balaban J connectivity index is 2.55. The normalized spacial score (nSPS) is 22.7. The number of rotatable bonds is 3. The van der Waals surface area contributed by atoms with Gasteiger partial charge in [-0.05, 0) is 27.2 Å². The third-order valence-corrected chi connectivity index (χ3v) is 3.01. The minimum atomic E-state index is -0.442. The number of hydrogen-bond acceptors (Lipinski definition) is 4. The molecule has 1 fully saturated rings. The van der Waals surface area contributed by atoms with Crippen molar-refractivity contribution in [2.45, 2.75) is 51.9 Å². The number of ether oxygens (including phenoxy) is 2. The van der Waals surface area contributed by atoms with Crippen LogP contribution in [0, 0.1) is 0 Å². The molecule has 0 aromatic carbocycles. The zero-order chi connectivity index (χ0) is 13.8. The number of amides is 1. The first-order valence-electron chi connectivity index (χ1n) is 6.61. The molecular weight excluding hydrogens is 232 g/mol. The van der Waals surface area contributed by atoms with E-state index in [1.165, 1.54) is 0 Å². The molecule has 0 saturated carbocycles. The van der Waals surface area contributed by atoms with Crippen molar-refractivity contribution in [3.05, 3.63) is 0 Å². The van der Waals surface area contributed by atoms with Gasteiger partial charge < -0.3 is 19.7 Å². The SMILES string of the molecule is CCC(OC)C1CN(C(=O)OC(C)(C)C)CCN1. The van der Waals surface area contributed by atoms with E-state index in [0.717, 1.165) is 13.0 Å². The van der Waals surface area contributed by atoms with Gasteiger partial charge >= 0.3 is 6.09 Å². The van der Waals surface area contributed by atoms with Crippen LogP contribution in [0.1, 0.15) is 34.1 Å². The Morgan fingerprint density at radius 3 is 2.67 bits per heavy atom. The van der Waals surface area contributed by atoms with Crippen molar-refractivity contribution in [3.63, 3.8) is 0 Å². The molecule has 0 spiro atoms. The molecular formula is C13H26N2O3. The van der Waals surface area contributed by atoms with E-state index in [2.05, 4.69) is 12.2 Å². The second kappa shape index (κ2) is 6.38. The minimum absolute atomic E-state index is 0.134. The molecule has 5 nitrogen and oxygen atoms in total. The number of nitrogens with one attached hydrogen (secondary N) is 1. The summed E-state index contributed by atoms with van der Waals surface area (Å²) in [4.78, 5) is 13.8. The number of nitrogens with zero attached hydrogens (tertiary/aromatic N) is 1. The second-order valence-corrected chi connectivity index (χ2v) is 5.67. The Kier molecular flexibility index (Phi) is 5.41. The summed E-state index contributed by atoms with van der Waals surface area (Å²) in [6.45, 7) is 9.84. The van der Waals surface area contributed by atoms with Gasteiger partial charge in [-0.2, -0.15) is 0 Å². The molecule has 1 rings (SSSR count). The summed E-state index contributed by atoms with van der Waals surface area (Å²) in [5, 5.41) is 3.39. The van der Waals surface area contributed by atoms with Crippen molar-refractivity contribution in [1.29, 1.82) is 0 Å². The zero-order valence-corrected chi connectivity index (χ0v) is 12.2. The lowest BCUT2D eigenvalue weighted by atomic mass is 10.1. The molecule has 1 saturated heterocycles. The van der Waals surface area contributed by atoms with Crippen molar-refractivity contribution in [2.75, 3.05) is 26.7 Å². The molecule has 1 aliphatic heterocycles. The Labute approximate surface area is 110 Å². The Morgan fingerprint density at radius 1 is 1.50 bits per heavy atom. The van der Waals surface area contributed by atoms with E-state index in [0.29, 0.717) is 13.1 Å². The lowest BCUT2D eigenvalue weighted by Gasteiger charge is -2.37. The third kappa shape index (κ3) is 4.46. The van der Waals surface area contributed by atoms with Gasteiger partial charge in [-0.15, -0.1) is 0 Å². The van der Waals surface area contributed by atoms with Crippen LogP contribution in [0.3, 0.4) is 0 Å². The van der Waals surface area contributed by atoms with Crippen molar-refractivity contribution in [3.8, 4) is 0 Å². The smallest absolute Gasteiger partial charge is 0.410 e. The average molecular weight is 258 g/mol. The van der Waals surface area contributed by atoms with Crippen LogP contribution in [-0.2, 0) is 9.47 Å². The maximum atomic E-state index is 12.0. The minimum Gasteiger partial charge on any atom is -0.444 e. The highest BCUT2D eigenvalue weighted by molar-refractivity contribution is 5.68. The van der Waals surface area contributed by atoms with Gasteiger partial charge in [-0.3, -0.25) is 0 Å². The van der Waals surface area contributed by atoms with Crippen molar-refractivity contribution < 1.29 is 14.3 Å². The number of piperazine rings is 1. The first-order chi connectivity index (χ1) is 8.37. The van der Waals surface area contributed by atoms with Crippen LogP contribution in [0.15, 0.2) is 0 Å². The van der Waals surface area contributed by atoms with Crippen molar-refractivity contribution in [1.82, 2.24) is 10.2 Å².